The van der Waals surface area contributed by atoms with E-state index in [1.165, 1.54) is 18.3 Å². The second-order valence-corrected chi connectivity index (χ2v) is 13.2. The SMILES string of the molecule is Cn1cncc1[C@H](Nc1cc(Cl)c2ncc(C#N)c(Nc3ccc(F)c(Cl)c3)c2c1)C1=CN(C2CCN(C(C)(C)C)CC2)NN1. The van der Waals surface area contributed by atoms with E-state index in [0.717, 1.165) is 37.3 Å². The van der Waals surface area contributed by atoms with Crippen molar-refractivity contribution in [2.24, 2.45) is 7.05 Å². The van der Waals surface area contributed by atoms with Crippen molar-refractivity contribution in [2.75, 3.05) is 23.7 Å². The van der Waals surface area contributed by atoms with E-state index in [2.05, 4.69) is 74.5 Å². The van der Waals surface area contributed by atoms with E-state index in [9.17, 15) is 9.65 Å². The van der Waals surface area contributed by atoms with Crippen LogP contribution in [-0.2, 0) is 7.05 Å². The molecule has 0 radical (unpaired) electrons. The summed E-state index contributed by atoms with van der Waals surface area (Å²) < 4.78 is 15.8. The maximum Gasteiger partial charge on any atom is 0.141 e. The first kappa shape index (κ1) is 30.9. The van der Waals surface area contributed by atoms with Crippen molar-refractivity contribution in [3.8, 4) is 6.07 Å². The normalized spacial score (nSPS) is 16.8. The van der Waals surface area contributed by atoms with Gasteiger partial charge in [-0.05, 0) is 63.9 Å². The molecule has 0 amide bonds. The van der Waals surface area contributed by atoms with Crippen LogP contribution >= 0.6 is 23.2 Å². The zero-order chi connectivity index (χ0) is 31.9. The molecule has 10 nitrogen and oxygen atoms in total. The first-order chi connectivity index (χ1) is 21.5. The molecule has 6 rings (SSSR count). The predicted octanol–water partition coefficient (Wildman–Crippen LogP) is 6.61. The van der Waals surface area contributed by atoms with Crippen LogP contribution in [0.5, 0.6) is 0 Å². The molecule has 13 heteroatoms. The third kappa shape index (κ3) is 6.37. The Hall–Kier alpha value is -4.08. The number of hydrogen-bond donors (Lipinski definition) is 4. The Bertz CT molecular complexity index is 1800. The second-order valence-electron chi connectivity index (χ2n) is 12.4. The molecule has 45 heavy (non-hydrogen) atoms. The topological polar surface area (TPSA) is 109 Å². The highest BCUT2D eigenvalue weighted by Gasteiger charge is 2.32. The fourth-order valence-corrected chi connectivity index (χ4v) is 6.35. The number of pyridine rings is 1. The average molecular weight is 650 g/mol. The smallest absolute Gasteiger partial charge is 0.141 e. The largest absolute Gasteiger partial charge is 0.371 e. The molecule has 4 heterocycles. The summed E-state index contributed by atoms with van der Waals surface area (Å²) >= 11 is 12.8. The van der Waals surface area contributed by atoms with Crippen LogP contribution in [0.15, 0.2) is 60.9 Å². The fourth-order valence-electron chi connectivity index (χ4n) is 5.91. The van der Waals surface area contributed by atoms with Crippen LogP contribution in [-0.4, -0.2) is 49.1 Å². The van der Waals surface area contributed by atoms with Crippen LogP contribution in [0.25, 0.3) is 10.9 Å². The number of aryl methyl sites for hydroxylation is 1. The molecular formula is C32H35Cl2FN10. The monoisotopic (exact) mass is 648 g/mol. The number of aromatic nitrogens is 3. The number of rotatable bonds is 7. The van der Waals surface area contributed by atoms with Crippen molar-refractivity contribution >= 4 is 51.2 Å². The molecular weight excluding hydrogens is 614 g/mol. The summed E-state index contributed by atoms with van der Waals surface area (Å²) in [6.07, 6.45) is 9.26. The number of nitrogens with one attached hydrogen (secondary N) is 4. The molecule has 4 N–H and O–H groups in total. The number of anilines is 3. The van der Waals surface area contributed by atoms with Gasteiger partial charge >= 0.3 is 0 Å². The minimum Gasteiger partial charge on any atom is -0.371 e. The van der Waals surface area contributed by atoms with E-state index in [-0.39, 0.29) is 16.6 Å². The van der Waals surface area contributed by atoms with Gasteiger partial charge in [0.2, 0.25) is 0 Å². The number of likely N-dealkylation sites (tertiary alicyclic amines) is 1. The molecule has 1 atom stereocenters. The molecule has 0 aliphatic carbocycles. The molecule has 2 aromatic carbocycles. The molecule has 0 unspecified atom stereocenters. The molecule has 4 aromatic rings. The van der Waals surface area contributed by atoms with Crippen molar-refractivity contribution in [3.05, 3.63) is 88.1 Å². The van der Waals surface area contributed by atoms with Gasteiger partial charge in [0.05, 0.1) is 50.7 Å². The molecule has 2 aliphatic heterocycles. The number of halogens is 3. The summed E-state index contributed by atoms with van der Waals surface area (Å²) in [5, 5.41) is 19.9. The van der Waals surface area contributed by atoms with E-state index in [0.29, 0.717) is 44.6 Å². The Morgan fingerprint density at radius 2 is 1.84 bits per heavy atom. The minimum absolute atomic E-state index is 0.0315. The van der Waals surface area contributed by atoms with Crippen molar-refractivity contribution < 1.29 is 4.39 Å². The summed E-state index contributed by atoms with van der Waals surface area (Å²) in [7, 11) is 1.95. The standard InChI is InChI=1S/C32H35Cl2FN10/c1-32(2,3)44-9-7-22(8-10-44)45-17-27(41-42-45)31(28-16-37-18-43(28)4)40-21-11-23-29(39-20-5-6-26(35)24(33)12-20)19(14-36)15-38-30(23)25(34)13-21/h5-6,11-13,15-18,22,31,40-42H,7-10H2,1-4H3,(H,38,39)/t31-/m1/s1. The van der Waals surface area contributed by atoms with E-state index in [4.69, 9.17) is 23.2 Å². The summed E-state index contributed by atoms with van der Waals surface area (Å²) in [6.45, 7) is 8.86. The number of nitrogens with zero attached hydrogens (tertiary/aromatic N) is 6. The van der Waals surface area contributed by atoms with Crippen LogP contribution < -0.4 is 21.6 Å². The zero-order valence-electron chi connectivity index (χ0n) is 25.5. The highest BCUT2D eigenvalue weighted by molar-refractivity contribution is 6.36. The number of imidazole rings is 1. The summed E-state index contributed by atoms with van der Waals surface area (Å²) in [4.78, 5) is 11.4. The van der Waals surface area contributed by atoms with Crippen LogP contribution in [0.2, 0.25) is 10.0 Å². The average Bonchev–Trinajstić information content (AvgIpc) is 3.67. The number of benzene rings is 2. The molecule has 0 saturated carbocycles. The lowest BCUT2D eigenvalue weighted by Crippen LogP contribution is -2.52. The molecule has 0 bridgehead atoms. The van der Waals surface area contributed by atoms with Gasteiger partial charge in [-0.15, -0.1) is 5.53 Å². The molecule has 1 fully saturated rings. The van der Waals surface area contributed by atoms with Crippen molar-refractivity contribution in [1.29, 1.82) is 5.26 Å². The van der Waals surface area contributed by atoms with Gasteiger partial charge in [-0.3, -0.25) is 14.9 Å². The maximum absolute atomic E-state index is 13.9. The van der Waals surface area contributed by atoms with E-state index in [1.54, 1.807) is 12.4 Å². The van der Waals surface area contributed by atoms with Crippen molar-refractivity contribution in [2.45, 2.75) is 51.2 Å². The van der Waals surface area contributed by atoms with E-state index in [1.807, 2.05) is 29.9 Å². The molecule has 1 saturated heterocycles. The first-order valence-corrected chi connectivity index (χ1v) is 15.5. The number of piperidine rings is 1. The summed E-state index contributed by atoms with van der Waals surface area (Å²) in [6, 6.07) is 10.2. The Labute approximate surface area is 271 Å². The highest BCUT2D eigenvalue weighted by Crippen LogP contribution is 2.37. The third-order valence-corrected chi connectivity index (χ3v) is 9.00. The van der Waals surface area contributed by atoms with Gasteiger partial charge in [-0.1, -0.05) is 23.2 Å². The van der Waals surface area contributed by atoms with Gasteiger partial charge < -0.3 is 20.6 Å². The van der Waals surface area contributed by atoms with Gasteiger partial charge in [-0.25, -0.2) is 9.37 Å². The van der Waals surface area contributed by atoms with Crippen LogP contribution in [0.4, 0.5) is 21.5 Å². The van der Waals surface area contributed by atoms with Gasteiger partial charge in [0.1, 0.15) is 17.9 Å². The van der Waals surface area contributed by atoms with Crippen LogP contribution in [0, 0.1) is 17.1 Å². The number of hydrogen-bond acceptors (Lipinski definition) is 9. The van der Waals surface area contributed by atoms with Crippen molar-refractivity contribution in [3.63, 3.8) is 0 Å². The van der Waals surface area contributed by atoms with Crippen LogP contribution in [0.1, 0.15) is 50.9 Å². The Morgan fingerprint density at radius 1 is 1.09 bits per heavy atom. The van der Waals surface area contributed by atoms with Crippen LogP contribution in [0.3, 0.4) is 0 Å². The van der Waals surface area contributed by atoms with E-state index < -0.39 is 5.82 Å². The Balaban J connectivity index is 1.33. The molecule has 234 valence electrons. The first-order valence-electron chi connectivity index (χ1n) is 14.8. The van der Waals surface area contributed by atoms with Gasteiger partial charge in [0.15, 0.2) is 0 Å². The van der Waals surface area contributed by atoms with Crippen molar-refractivity contribution in [1.82, 2.24) is 35.4 Å². The Kier molecular flexibility index (Phi) is 8.50. The molecule has 2 aromatic heterocycles. The lowest BCUT2D eigenvalue weighted by molar-refractivity contribution is 0.0570. The number of fused-ring (bicyclic) bond motifs is 1. The van der Waals surface area contributed by atoms with Gasteiger partial charge in [-0.2, -0.15) is 5.26 Å². The Morgan fingerprint density at radius 3 is 2.51 bits per heavy atom. The zero-order valence-corrected chi connectivity index (χ0v) is 27.0. The second kappa shape index (κ2) is 12.4. The lowest BCUT2D eigenvalue weighted by Gasteiger charge is -2.42. The minimum atomic E-state index is -0.531. The van der Waals surface area contributed by atoms with Gasteiger partial charge in [0, 0.05) is 60.9 Å². The lowest BCUT2D eigenvalue weighted by atomic mass is 9.98. The fraction of sp³-hybridized carbons (Fsp3) is 0.344. The molecule has 2 aliphatic rings. The maximum atomic E-state index is 13.9. The van der Waals surface area contributed by atoms with Gasteiger partial charge in [0.25, 0.3) is 0 Å². The quantitative estimate of drug-likeness (QED) is 0.176. The predicted molar refractivity (Wildman–Crippen MR) is 176 cm³/mol. The number of nitriles is 1. The third-order valence-electron chi connectivity index (χ3n) is 8.42. The summed E-state index contributed by atoms with van der Waals surface area (Å²) in [5.74, 6) is -0.531. The number of hydrazine groups is 2. The molecule has 0 spiro atoms. The summed E-state index contributed by atoms with van der Waals surface area (Å²) in [5.41, 5.74) is 11.3. The highest BCUT2D eigenvalue weighted by atomic mass is 35.5. The van der Waals surface area contributed by atoms with E-state index >= 15 is 0 Å².